The number of halogens is 1. The van der Waals surface area contributed by atoms with Crippen LogP contribution in [0.25, 0.3) is 11.1 Å². The molecule has 120 valence electrons. The summed E-state index contributed by atoms with van der Waals surface area (Å²) >= 11 is 0. The van der Waals surface area contributed by atoms with Crippen molar-refractivity contribution in [2.24, 2.45) is 0 Å². The van der Waals surface area contributed by atoms with E-state index in [9.17, 15) is 9.18 Å². The maximum Gasteiger partial charge on any atom is 0.338 e. The van der Waals surface area contributed by atoms with E-state index in [4.69, 9.17) is 9.47 Å². The van der Waals surface area contributed by atoms with Gasteiger partial charge in [-0.1, -0.05) is 30.3 Å². The van der Waals surface area contributed by atoms with Gasteiger partial charge in [0, 0.05) is 0 Å². The van der Waals surface area contributed by atoms with Gasteiger partial charge in [0.15, 0.2) is 0 Å². The topological polar surface area (TPSA) is 35.5 Å². The summed E-state index contributed by atoms with van der Waals surface area (Å²) in [5.41, 5.74) is 2.04. The molecule has 0 heterocycles. The lowest BCUT2D eigenvalue weighted by Crippen LogP contribution is -2.03. The van der Waals surface area contributed by atoms with E-state index in [-0.39, 0.29) is 5.82 Å². The van der Waals surface area contributed by atoms with Crippen LogP contribution in [-0.4, -0.2) is 13.1 Å². The highest BCUT2D eigenvalue weighted by Gasteiger charge is 2.14. The molecule has 3 rings (SSSR count). The fraction of sp³-hybridized carbons (Fsp3) is 0.0500. The Hall–Kier alpha value is -3.14. The zero-order valence-corrected chi connectivity index (χ0v) is 13.0. The van der Waals surface area contributed by atoms with Gasteiger partial charge in [0.2, 0.25) is 0 Å². The van der Waals surface area contributed by atoms with Crippen molar-refractivity contribution in [3.05, 3.63) is 84.2 Å². The highest BCUT2D eigenvalue weighted by Crippen LogP contribution is 2.31. The number of carbonyl (C=O) groups is 1. The van der Waals surface area contributed by atoms with E-state index in [0.29, 0.717) is 22.6 Å². The lowest BCUT2D eigenvalue weighted by molar-refractivity contribution is 0.0601. The summed E-state index contributed by atoms with van der Waals surface area (Å²) in [7, 11) is 1.35. The summed E-state index contributed by atoms with van der Waals surface area (Å²) in [6, 6.07) is 20.4. The van der Waals surface area contributed by atoms with Crippen molar-refractivity contribution in [1.82, 2.24) is 0 Å². The summed E-state index contributed by atoms with van der Waals surface area (Å²) in [5.74, 6) is 0.324. The summed E-state index contributed by atoms with van der Waals surface area (Å²) in [6.45, 7) is 0. The number of hydrogen-bond donors (Lipinski definition) is 0. The predicted molar refractivity (Wildman–Crippen MR) is 89.7 cm³/mol. The molecule has 0 spiro atoms. The Bertz CT molecular complexity index is 843. The van der Waals surface area contributed by atoms with E-state index in [1.54, 1.807) is 30.3 Å². The van der Waals surface area contributed by atoms with Crippen molar-refractivity contribution in [3.63, 3.8) is 0 Å². The van der Waals surface area contributed by atoms with Crippen molar-refractivity contribution in [2.75, 3.05) is 7.11 Å². The smallest absolute Gasteiger partial charge is 0.338 e. The van der Waals surface area contributed by atoms with Gasteiger partial charge in [-0.05, 0) is 53.6 Å². The third-order valence-electron chi connectivity index (χ3n) is 3.53. The van der Waals surface area contributed by atoms with E-state index < -0.39 is 5.97 Å². The zero-order chi connectivity index (χ0) is 16.9. The number of esters is 1. The quantitative estimate of drug-likeness (QED) is 0.629. The van der Waals surface area contributed by atoms with Crippen molar-refractivity contribution < 1.29 is 18.7 Å². The fourth-order valence-corrected chi connectivity index (χ4v) is 2.37. The van der Waals surface area contributed by atoms with Crippen LogP contribution in [0.3, 0.4) is 0 Å². The molecule has 0 N–H and O–H groups in total. The van der Waals surface area contributed by atoms with Crippen molar-refractivity contribution in [2.45, 2.75) is 0 Å². The average Bonchev–Trinajstić information content (AvgIpc) is 2.63. The van der Waals surface area contributed by atoms with Crippen LogP contribution in [0.5, 0.6) is 11.5 Å². The van der Waals surface area contributed by atoms with Crippen LogP contribution in [-0.2, 0) is 4.74 Å². The number of ether oxygens (including phenoxy) is 2. The van der Waals surface area contributed by atoms with Gasteiger partial charge in [0.1, 0.15) is 17.3 Å². The first kappa shape index (κ1) is 15.7. The minimum Gasteiger partial charge on any atom is -0.465 e. The highest BCUT2D eigenvalue weighted by atomic mass is 19.1. The molecule has 0 atom stereocenters. The molecule has 0 fully saturated rings. The largest absolute Gasteiger partial charge is 0.465 e. The van der Waals surface area contributed by atoms with Gasteiger partial charge >= 0.3 is 5.97 Å². The summed E-state index contributed by atoms with van der Waals surface area (Å²) in [5, 5.41) is 0. The fourth-order valence-electron chi connectivity index (χ4n) is 2.37. The minimum absolute atomic E-state index is 0.326. The van der Waals surface area contributed by atoms with E-state index >= 15 is 0 Å². The zero-order valence-electron chi connectivity index (χ0n) is 13.0. The summed E-state index contributed by atoms with van der Waals surface area (Å²) in [4.78, 5) is 12.0. The lowest BCUT2D eigenvalue weighted by atomic mass is 9.99. The first-order valence-electron chi connectivity index (χ1n) is 7.38. The van der Waals surface area contributed by atoms with Crippen LogP contribution in [0.1, 0.15) is 10.4 Å². The molecule has 0 bridgehead atoms. The molecule has 24 heavy (non-hydrogen) atoms. The van der Waals surface area contributed by atoms with Gasteiger partial charge in [0.25, 0.3) is 0 Å². The van der Waals surface area contributed by atoms with Crippen LogP contribution in [0.15, 0.2) is 72.8 Å². The molecule has 3 nitrogen and oxygen atoms in total. The van der Waals surface area contributed by atoms with Gasteiger partial charge in [-0.3, -0.25) is 0 Å². The van der Waals surface area contributed by atoms with E-state index in [2.05, 4.69) is 0 Å². The maximum absolute atomic E-state index is 13.0. The van der Waals surface area contributed by atoms with Gasteiger partial charge in [-0.25, -0.2) is 9.18 Å². The minimum atomic E-state index is -0.415. The van der Waals surface area contributed by atoms with Crippen LogP contribution in [0.4, 0.5) is 4.39 Å². The predicted octanol–water partition coefficient (Wildman–Crippen LogP) is 5.07. The van der Waals surface area contributed by atoms with Gasteiger partial charge in [-0.15, -0.1) is 0 Å². The molecule has 0 aliphatic carbocycles. The molecule has 0 aliphatic rings. The molecular weight excluding hydrogens is 307 g/mol. The number of methoxy groups -OCH3 is 1. The first-order valence-corrected chi connectivity index (χ1v) is 7.38. The number of rotatable bonds is 4. The Labute approximate surface area is 139 Å². The molecule has 0 saturated carbocycles. The molecule has 3 aromatic carbocycles. The molecule has 4 heteroatoms. The van der Waals surface area contributed by atoms with Crippen LogP contribution < -0.4 is 4.74 Å². The number of carbonyl (C=O) groups excluding carboxylic acids is 1. The second-order valence-corrected chi connectivity index (χ2v) is 5.12. The Morgan fingerprint density at radius 2 is 1.54 bits per heavy atom. The van der Waals surface area contributed by atoms with E-state index in [1.165, 1.54) is 19.2 Å². The molecule has 3 aromatic rings. The molecular formula is C20H15FO3. The second kappa shape index (κ2) is 6.96. The normalized spacial score (nSPS) is 10.2. The molecule has 0 aliphatic heterocycles. The van der Waals surface area contributed by atoms with E-state index in [1.807, 2.05) is 30.3 Å². The third kappa shape index (κ3) is 3.43. The highest BCUT2D eigenvalue weighted by molar-refractivity contribution is 5.97. The summed E-state index contributed by atoms with van der Waals surface area (Å²) in [6.07, 6.45) is 0. The van der Waals surface area contributed by atoms with Crippen LogP contribution >= 0.6 is 0 Å². The van der Waals surface area contributed by atoms with Gasteiger partial charge < -0.3 is 9.47 Å². The Morgan fingerprint density at radius 1 is 0.875 bits per heavy atom. The Morgan fingerprint density at radius 3 is 2.21 bits per heavy atom. The molecule has 0 saturated heterocycles. The van der Waals surface area contributed by atoms with Crippen molar-refractivity contribution in [1.29, 1.82) is 0 Å². The molecule has 0 aromatic heterocycles. The first-order chi connectivity index (χ1) is 11.7. The lowest BCUT2D eigenvalue weighted by Gasteiger charge is -2.12. The van der Waals surface area contributed by atoms with Crippen LogP contribution in [0, 0.1) is 5.82 Å². The number of hydrogen-bond acceptors (Lipinski definition) is 3. The monoisotopic (exact) mass is 322 g/mol. The Balaban J connectivity index is 2.00. The van der Waals surface area contributed by atoms with Crippen molar-refractivity contribution in [3.8, 4) is 22.6 Å². The van der Waals surface area contributed by atoms with Crippen molar-refractivity contribution >= 4 is 5.97 Å². The van der Waals surface area contributed by atoms with E-state index in [0.717, 1.165) is 5.56 Å². The average molecular weight is 322 g/mol. The standard InChI is InChI=1S/C20H15FO3/c1-23-20(22)18-12-11-17(24-16-9-7-15(21)8-10-16)13-19(18)14-5-3-2-4-6-14/h2-13H,1H3. The maximum atomic E-state index is 13.0. The van der Waals surface area contributed by atoms with Gasteiger partial charge in [-0.2, -0.15) is 0 Å². The third-order valence-corrected chi connectivity index (χ3v) is 3.53. The molecule has 0 unspecified atom stereocenters. The molecule has 0 radical (unpaired) electrons. The second-order valence-electron chi connectivity index (χ2n) is 5.12. The Kier molecular flexibility index (Phi) is 4.57. The summed E-state index contributed by atoms with van der Waals surface area (Å²) < 4.78 is 23.6. The number of benzene rings is 3. The molecule has 0 amide bonds. The van der Waals surface area contributed by atoms with Crippen LogP contribution in [0.2, 0.25) is 0 Å². The SMILES string of the molecule is COC(=O)c1ccc(Oc2ccc(F)cc2)cc1-c1ccccc1. The van der Waals surface area contributed by atoms with Gasteiger partial charge in [0.05, 0.1) is 12.7 Å².